The Morgan fingerprint density at radius 3 is 1.96 bits per heavy atom. The number of nitrogens with zero attached hydrogens (tertiary/aromatic N) is 1. The van der Waals surface area contributed by atoms with E-state index in [4.69, 9.17) is 4.98 Å². The Kier molecular flexibility index (Phi) is 6.23. The minimum atomic E-state index is -0.397. The SMILES string of the molecule is CC(C)c1cccc([C@@H]2CCCC[C@H]2P(c2ccccc2)c2ccccc2)n1. The van der Waals surface area contributed by atoms with Gasteiger partial charge < -0.3 is 0 Å². The Morgan fingerprint density at radius 2 is 1.36 bits per heavy atom. The van der Waals surface area contributed by atoms with Gasteiger partial charge in [-0.3, -0.25) is 4.98 Å². The summed E-state index contributed by atoms with van der Waals surface area (Å²) in [4.78, 5) is 5.13. The Balaban J connectivity index is 1.76. The van der Waals surface area contributed by atoms with Crippen molar-refractivity contribution in [1.29, 1.82) is 0 Å². The fourth-order valence-corrected chi connectivity index (χ4v) is 7.62. The van der Waals surface area contributed by atoms with Crippen LogP contribution in [0.1, 0.15) is 62.8 Å². The van der Waals surface area contributed by atoms with Gasteiger partial charge in [-0.2, -0.15) is 0 Å². The maximum Gasteiger partial charge on any atom is 0.0444 e. The molecule has 1 nitrogen and oxygen atoms in total. The van der Waals surface area contributed by atoms with E-state index >= 15 is 0 Å². The number of aromatic nitrogens is 1. The molecule has 144 valence electrons. The van der Waals surface area contributed by atoms with Crippen molar-refractivity contribution >= 4 is 18.5 Å². The second-order valence-corrected chi connectivity index (χ2v) is 10.6. The van der Waals surface area contributed by atoms with Crippen molar-refractivity contribution in [1.82, 2.24) is 4.98 Å². The zero-order chi connectivity index (χ0) is 19.3. The van der Waals surface area contributed by atoms with Crippen LogP contribution in [0, 0.1) is 0 Å². The van der Waals surface area contributed by atoms with E-state index in [1.165, 1.54) is 47.7 Å². The molecule has 1 aliphatic carbocycles. The van der Waals surface area contributed by atoms with E-state index in [9.17, 15) is 0 Å². The molecule has 0 bridgehead atoms. The van der Waals surface area contributed by atoms with Crippen LogP contribution in [-0.4, -0.2) is 10.6 Å². The first kappa shape index (κ1) is 19.3. The first-order valence-corrected chi connectivity index (χ1v) is 12.0. The molecule has 1 heterocycles. The van der Waals surface area contributed by atoms with Crippen LogP contribution in [0.3, 0.4) is 0 Å². The largest absolute Gasteiger partial charge is 0.257 e. The number of hydrogen-bond acceptors (Lipinski definition) is 1. The summed E-state index contributed by atoms with van der Waals surface area (Å²) in [5, 5.41) is 3.00. The third-order valence-corrected chi connectivity index (χ3v) is 8.88. The molecule has 2 aromatic carbocycles. The highest BCUT2D eigenvalue weighted by molar-refractivity contribution is 7.73. The van der Waals surface area contributed by atoms with Crippen LogP contribution in [0.15, 0.2) is 78.9 Å². The lowest BCUT2D eigenvalue weighted by atomic mass is 9.86. The molecule has 3 aromatic rings. The third kappa shape index (κ3) is 4.20. The Labute approximate surface area is 171 Å². The Morgan fingerprint density at radius 1 is 0.750 bits per heavy atom. The van der Waals surface area contributed by atoms with Crippen molar-refractivity contribution in [3.05, 3.63) is 90.3 Å². The smallest absolute Gasteiger partial charge is 0.0444 e. The standard InChI is InChI=1S/C26H30NP/c1-20(2)24-17-11-18-25(27-24)23-16-9-10-19-26(23)28(21-12-5-3-6-13-21)22-14-7-4-8-15-22/h3-8,11-15,17-18,20,23,26H,9-10,16,19H2,1-2H3/t23-,26+/m0/s1. The molecule has 1 aromatic heterocycles. The van der Waals surface area contributed by atoms with Crippen molar-refractivity contribution in [3.63, 3.8) is 0 Å². The van der Waals surface area contributed by atoms with Gasteiger partial charge in [0, 0.05) is 17.3 Å². The molecule has 4 rings (SSSR count). The lowest BCUT2D eigenvalue weighted by Crippen LogP contribution is -2.30. The van der Waals surface area contributed by atoms with Crippen molar-refractivity contribution in [3.8, 4) is 0 Å². The van der Waals surface area contributed by atoms with Crippen LogP contribution in [0.25, 0.3) is 0 Å². The van der Waals surface area contributed by atoms with Crippen LogP contribution in [0.4, 0.5) is 0 Å². The molecular formula is C26H30NP. The monoisotopic (exact) mass is 387 g/mol. The highest BCUT2D eigenvalue weighted by Gasteiger charge is 2.35. The number of rotatable bonds is 5. The van der Waals surface area contributed by atoms with Crippen LogP contribution in [0.5, 0.6) is 0 Å². The second-order valence-electron chi connectivity index (χ2n) is 8.14. The molecule has 0 aliphatic heterocycles. The van der Waals surface area contributed by atoms with Crippen molar-refractivity contribution in [2.24, 2.45) is 0 Å². The Bertz CT molecular complexity index is 836. The second kappa shape index (κ2) is 9.01. The molecule has 1 fully saturated rings. The van der Waals surface area contributed by atoms with Crippen LogP contribution in [0.2, 0.25) is 0 Å². The summed E-state index contributed by atoms with van der Waals surface area (Å²) in [5.41, 5.74) is 3.20. The third-order valence-electron chi connectivity index (χ3n) is 5.89. The average molecular weight is 388 g/mol. The summed E-state index contributed by atoms with van der Waals surface area (Å²) in [6, 6.07) is 29.1. The molecular weight excluding hydrogens is 357 g/mol. The molecule has 28 heavy (non-hydrogen) atoms. The van der Waals surface area contributed by atoms with Gasteiger partial charge in [-0.1, -0.05) is 93.4 Å². The zero-order valence-corrected chi connectivity index (χ0v) is 17.9. The topological polar surface area (TPSA) is 12.9 Å². The normalized spacial score (nSPS) is 19.9. The number of pyridine rings is 1. The molecule has 2 atom stereocenters. The lowest BCUT2D eigenvalue weighted by Gasteiger charge is -2.38. The maximum absolute atomic E-state index is 5.13. The maximum atomic E-state index is 5.13. The minimum Gasteiger partial charge on any atom is -0.257 e. The van der Waals surface area contributed by atoms with E-state index in [2.05, 4.69) is 92.7 Å². The van der Waals surface area contributed by atoms with Gasteiger partial charge in [-0.05, 0) is 55.1 Å². The van der Waals surface area contributed by atoms with Gasteiger partial charge in [0.1, 0.15) is 0 Å². The van der Waals surface area contributed by atoms with Crippen molar-refractivity contribution in [2.75, 3.05) is 0 Å². The molecule has 2 heteroatoms. The summed E-state index contributed by atoms with van der Waals surface area (Å²) < 4.78 is 0. The van der Waals surface area contributed by atoms with Gasteiger partial charge >= 0.3 is 0 Å². The number of benzene rings is 2. The summed E-state index contributed by atoms with van der Waals surface area (Å²) in [5.74, 6) is 1.03. The predicted octanol–water partition coefficient (Wildman–Crippen LogP) is 6.36. The lowest BCUT2D eigenvalue weighted by molar-refractivity contribution is 0.444. The molecule has 0 unspecified atom stereocenters. The van der Waals surface area contributed by atoms with Gasteiger partial charge in [-0.25, -0.2) is 0 Å². The van der Waals surface area contributed by atoms with Crippen LogP contribution < -0.4 is 10.6 Å². The van der Waals surface area contributed by atoms with Crippen molar-refractivity contribution in [2.45, 2.75) is 57.0 Å². The molecule has 0 amide bonds. The van der Waals surface area contributed by atoms with Gasteiger partial charge in [0.15, 0.2) is 0 Å². The van der Waals surface area contributed by atoms with E-state index in [1.807, 2.05) is 0 Å². The van der Waals surface area contributed by atoms with Crippen molar-refractivity contribution < 1.29 is 0 Å². The van der Waals surface area contributed by atoms with E-state index in [-0.39, 0.29) is 0 Å². The molecule has 0 radical (unpaired) electrons. The predicted molar refractivity (Wildman–Crippen MR) is 122 cm³/mol. The van der Waals surface area contributed by atoms with Gasteiger partial charge in [0.05, 0.1) is 0 Å². The molecule has 1 saturated carbocycles. The van der Waals surface area contributed by atoms with E-state index in [0.717, 1.165) is 0 Å². The summed E-state index contributed by atoms with van der Waals surface area (Å²) in [7, 11) is -0.397. The summed E-state index contributed by atoms with van der Waals surface area (Å²) >= 11 is 0. The van der Waals surface area contributed by atoms with E-state index in [0.29, 0.717) is 17.5 Å². The van der Waals surface area contributed by atoms with Gasteiger partial charge in [0.25, 0.3) is 0 Å². The molecule has 0 N–H and O–H groups in total. The first-order valence-electron chi connectivity index (χ1n) is 10.6. The van der Waals surface area contributed by atoms with E-state index < -0.39 is 7.92 Å². The molecule has 1 aliphatic rings. The average Bonchev–Trinajstić information content (AvgIpc) is 2.76. The summed E-state index contributed by atoms with van der Waals surface area (Å²) in [6.45, 7) is 4.48. The molecule has 0 spiro atoms. The number of hydrogen-bond donors (Lipinski definition) is 0. The zero-order valence-electron chi connectivity index (χ0n) is 17.0. The first-order chi connectivity index (χ1) is 13.7. The summed E-state index contributed by atoms with van der Waals surface area (Å²) in [6.07, 6.45) is 5.22. The Hall–Kier alpha value is -1.98. The minimum absolute atomic E-state index is 0.397. The van der Waals surface area contributed by atoms with Gasteiger partial charge in [0.2, 0.25) is 0 Å². The van der Waals surface area contributed by atoms with Gasteiger partial charge in [-0.15, -0.1) is 0 Å². The van der Waals surface area contributed by atoms with Crippen LogP contribution in [-0.2, 0) is 0 Å². The molecule has 0 saturated heterocycles. The fraction of sp³-hybridized carbons (Fsp3) is 0.346. The highest BCUT2D eigenvalue weighted by Crippen LogP contribution is 2.51. The van der Waals surface area contributed by atoms with E-state index in [1.54, 1.807) is 0 Å². The fourth-order valence-electron chi connectivity index (χ4n) is 4.47. The quantitative estimate of drug-likeness (QED) is 0.464. The highest BCUT2D eigenvalue weighted by atomic mass is 31.1. The van der Waals surface area contributed by atoms with Crippen LogP contribution >= 0.6 is 7.92 Å².